The summed E-state index contributed by atoms with van der Waals surface area (Å²) >= 11 is 5.91. The molecule has 5 heteroatoms. The molecule has 2 nitrogen and oxygen atoms in total. The van der Waals surface area contributed by atoms with E-state index in [0.29, 0.717) is 46.5 Å². The third-order valence-corrected chi connectivity index (χ3v) is 14.0. The predicted molar refractivity (Wildman–Crippen MR) is 142 cm³/mol. The lowest BCUT2D eigenvalue weighted by atomic mass is 9.59. The first kappa shape index (κ1) is 26.2. The number of hydrogen-bond acceptors (Lipinski definition) is 2. The number of ether oxygens (including phenoxy) is 1. The smallest absolute Gasteiger partial charge is 0.338 e. The summed E-state index contributed by atoms with van der Waals surface area (Å²) in [5, 5.41) is 0.603. The highest BCUT2D eigenvalue weighted by Gasteiger charge is 2.49. The zero-order valence-electron chi connectivity index (χ0n) is 21.3. The van der Waals surface area contributed by atoms with Gasteiger partial charge in [0.15, 0.2) is 0 Å². The summed E-state index contributed by atoms with van der Waals surface area (Å²) in [5.41, 5.74) is 1.39. The van der Waals surface area contributed by atoms with Crippen molar-refractivity contribution in [1.29, 1.82) is 0 Å². The molecule has 0 atom stereocenters. The third kappa shape index (κ3) is 6.27. The van der Waals surface area contributed by atoms with E-state index in [-0.39, 0.29) is 12.1 Å². The van der Waals surface area contributed by atoms with Gasteiger partial charge in [0.2, 0.25) is 8.41 Å². The number of esters is 1. The summed E-state index contributed by atoms with van der Waals surface area (Å²) in [6.07, 6.45) is 15.7. The van der Waals surface area contributed by atoms with Gasteiger partial charge >= 0.3 is 5.97 Å². The van der Waals surface area contributed by atoms with E-state index < -0.39 is 8.41 Å². The van der Waals surface area contributed by atoms with Crippen LogP contribution in [0.2, 0.25) is 22.7 Å². The quantitative estimate of drug-likeness (QED) is 0.209. The molecule has 4 rings (SSSR count). The van der Waals surface area contributed by atoms with Crippen LogP contribution in [0.4, 0.5) is 4.11 Å². The zero-order valence-corrected chi connectivity index (χ0v) is 23.1. The van der Waals surface area contributed by atoms with Gasteiger partial charge in [-0.1, -0.05) is 64.0 Å². The molecule has 0 spiro atoms. The van der Waals surface area contributed by atoms with E-state index in [2.05, 4.69) is 13.8 Å². The molecule has 0 bridgehead atoms. The first-order chi connectivity index (χ1) is 16.3. The fraction of sp³-hybridized carbons (Fsp3) is 0.759. The van der Waals surface area contributed by atoms with Crippen LogP contribution in [0.3, 0.4) is 0 Å². The maximum Gasteiger partial charge on any atom is 0.338 e. The first-order valence-corrected chi connectivity index (χ1v) is 16.7. The van der Waals surface area contributed by atoms with Gasteiger partial charge in [-0.25, -0.2) is 4.79 Å². The maximum absolute atomic E-state index is 16.2. The maximum atomic E-state index is 16.2. The van der Waals surface area contributed by atoms with Gasteiger partial charge in [0, 0.05) is 5.02 Å². The summed E-state index contributed by atoms with van der Waals surface area (Å²) in [7, 11) is -2.76. The number of rotatable bonds is 7. The van der Waals surface area contributed by atoms with Crippen LogP contribution in [-0.4, -0.2) is 20.5 Å². The lowest BCUT2D eigenvalue weighted by Gasteiger charge is -2.49. The molecule has 0 amide bonds. The van der Waals surface area contributed by atoms with Crippen molar-refractivity contribution in [3.05, 3.63) is 34.9 Å². The van der Waals surface area contributed by atoms with Crippen molar-refractivity contribution in [3.63, 3.8) is 0 Å². The minimum Gasteiger partial charge on any atom is -0.459 e. The van der Waals surface area contributed by atoms with Crippen molar-refractivity contribution < 1.29 is 13.6 Å². The van der Waals surface area contributed by atoms with Crippen molar-refractivity contribution in [2.24, 2.45) is 17.3 Å². The zero-order chi connectivity index (χ0) is 24.2. The Bertz CT molecular complexity index is 789. The van der Waals surface area contributed by atoms with Crippen LogP contribution < -0.4 is 0 Å². The summed E-state index contributed by atoms with van der Waals surface area (Å²) in [4.78, 5) is 12.5. The lowest BCUT2D eigenvalue weighted by molar-refractivity contribution is 0.0264. The van der Waals surface area contributed by atoms with Crippen molar-refractivity contribution in [2.45, 2.75) is 121 Å². The van der Waals surface area contributed by atoms with Crippen LogP contribution in [0.5, 0.6) is 0 Å². The van der Waals surface area contributed by atoms with Crippen molar-refractivity contribution in [1.82, 2.24) is 0 Å². The van der Waals surface area contributed by atoms with Crippen molar-refractivity contribution in [3.8, 4) is 0 Å². The van der Waals surface area contributed by atoms with Crippen LogP contribution in [-0.2, 0) is 4.74 Å². The molecule has 3 fully saturated rings. The van der Waals surface area contributed by atoms with E-state index in [9.17, 15) is 4.79 Å². The lowest BCUT2D eigenvalue weighted by Crippen LogP contribution is -2.44. The summed E-state index contributed by atoms with van der Waals surface area (Å²) in [5.74, 6) is 1.28. The molecule has 3 aliphatic rings. The van der Waals surface area contributed by atoms with E-state index in [1.54, 1.807) is 24.3 Å². The van der Waals surface area contributed by atoms with E-state index in [1.807, 2.05) is 0 Å². The Labute approximate surface area is 212 Å². The average molecular weight is 507 g/mol. The highest BCUT2D eigenvalue weighted by Crippen LogP contribution is 2.55. The average Bonchev–Trinajstić information content (AvgIpc) is 2.85. The second-order valence-electron chi connectivity index (χ2n) is 12.1. The van der Waals surface area contributed by atoms with Crippen LogP contribution in [0.1, 0.15) is 108 Å². The molecule has 0 radical (unpaired) electrons. The van der Waals surface area contributed by atoms with Gasteiger partial charge in [0.05, 0.1) is 5.56 Å². The van der Waals surface area contributed by atoms with Gasteiger partial charge in [-0.2, -0.15) is 0 Å². The fourth-order valence-corrected chi connectivity index (χ4v) is 11.5. The van der Waals surface area contributed by atoms with Gasteiger partial charge in [-0.15, -0.1) is 0 Å². The minimum absolute atomic E-state index is 0.141. The van der Waals surface area contributed by atoms with Gasteiger partial charge in [0.25, 0.3) is 0 Å². The first-order valence-electron chi connectivity index (χ1n) is 14.0. The van der Waals surface area contributed by atoms with E-state index in [1.165, 1.54) is 57.8 Å². The molecular formula is C29H44ClFO2Si. The molecule has 2 aliphatic carbocycles. The van der Waals surface area contributed by atoms with Crippen LogP contribution in [0.25, 0.3) is 0 Å². The SMILES string of the molecule is CC(C)CCC1([C@H]2CC[C@H]([Si]3(F)CCC(OC(=O)c4ccc(Cl)cc4)CC3)CC2)CCCCC1. The van der Waals surface area contributed by atoms with Gasteiger partial charge in [-0.05, 0) is 104 Å². The standard InChI is InChI=1S/C29H44ClFO2Si/c1-22(2)14-19-29(17-4-3-5-18-29)24-8-12-27(13-9-24)34(31)20-15-26(16-21-34)33-28(32)23-6-10-25(30)11-7-23/h6-7,10-11,22,24,26-27H,3-5,8-9,12-21H2,1-2H3/t24-,26?,27-,34?. The number of carbonyl (C=O) groups excluding carboxylic acids is 1. The Kier molecular flexibility index (Phi) is 8.83. The number of benzene rings is 1. The monoisotopic (exact) mass is 506 g/mol. The number of carbonyl (C=O) groups is 1. The molecule has 1 saturated heterocycles. The Balaban J connectivity index is 1.28. The molecule has 0 unspecified atom stereocenters. The molecule has 0 aromatic heterocycles. The van der Waals surface area contributed by atoms with E-state index in [0.717, 1.165) is 24.7 Å². The molecule has 2 saturated carbocycles. The largest absolute Gasteiger partial charge is 0.459 e. The molecule has 0 N–H and O–H groups in total. The second-order valence-corrected chi connectivity index (χ2v) is 16.4. The molecule has 1 aromatic rings. The second kappa shape index (κ2) is 11.5. The number of halogens is 2. The van der Waals surface area contributed by atoms with Crippen LogP contribution in [0, 0.1) is 17.3 Å². The molecule has 190 valence electrons. The normalized spacial score (nSPS) is 31.9. The topological polar surface area (TPSA) is 26.3 Å². The Morgan fingerprint density at radius 2 is 1.65 bits per heavy atom. The van der Waals surface area contributed by atoms with E-state index in [4.69, 9.17) is 16.3 Å². The highest BCUT2D eigenvalue weighted by molar-refractivity contribution is 6.74. The summed E-state index contributed by atoms with van der Waals surface area (Å²) in [6.45, 7) is 4.71. The molecule has 1 aliphatic heterocycles. The molecule has 34 heavy (non-hydrogen) atoms. The van der Waals surface area contributed by atoms with Gasteiger partial charge < -0.3 is 8.84 Å². The van der Waals surface area contributed by atoms with Crippen molar-refractivity contribution >= 4 is 26.0 Å². The summed E-state index contributed by atoms with van der Waals surface area (Å²) < 4.78 is 22.0. The fourth-order valence-electron chi connectivity index (χ4n) is 7.32. The molecular weight excluding hydrogens is 463 g/mol. The Morgan fingerprint density at radius 1 is 1.03 bits per heavy atom. The highest BCUT2D eigenvalue weighted by atomic mass is 35.5. The van der Waals surface area contributed by atoms with Gasteiger partial charge in [-0.3, -0.25) is 0 Å². The van der Waals surface area contributed by atoms with Gasteiger partial charge in [0.1, 0.15) is 6.10 Å². The predicted octanol–water partition coefficient (Wildman–Crippen LogP) is 9.52. The molecule has 1 aromatic carbocycles. The Hall–Kier alpha value is -0.873. The number of hydrogen-bond donors (Lipinski definition) is 0. The third-order valence-electron chi connectivity index (χ3n) is 9.51. The minimum atomic E-state index is -2.76. The van der Waals surface area contributed by atoms with E-state index >= 15 is 4.11 Å². The van der Waals surface area contributed by atoms with Crippen LogP contribution in [0.15, 0.2) is 24.3 Å². The Morgan fingerprint density at radius 3 is 2.24 bits per heavy atom. The summed E-state index contributed by atoms with van der Waals surface area (Å²) in [6, 6.07) is 8.13. The molecule has 1 heterocycles. The van der Waals surface area contributed by atoms with Crippen LogP contribution >= 0.6 is 11.6 Å². The van der Waals surface area contributed by atoms with Crippen molar-refractivity contribution in [2.75, 3.05) is 0 Å².